The molecule has 1 saturated carbocycles. The summed E-state index contributed by atoms with van der Waals surface area (Å²) in [6.45, 7) is 1.95. The number of para-hydroxylation sites is 1. The van der Waals surface area contributed by atoms with Gasteiger partial charge in [0.2, 0.25) is 0 Å². The summed E-state index contributed by atoms with van der Waals surface area (Å²) in [6.07, 6.45) is 1.93. The molecule has 76 valence electrons. The zero-order valence-electron chi connectivity index (χ0n) is 8.60. The maximum absolute atomic E-state index is 12.1. The molecule has 1 aliphatic heterocycles. The highest BCUT2D eigenvalue weighted by Crippen LogP contribution is 2.52. The first-order valence-electron chi connectivity index (χ1n) is 5.19. The summed E-state index contributed by atoms with van der Waals surface area (Å²) in [5, 5.41) is 5.90. The Balaban J connectivity index is 2.00. The predicted molar refractivity (Wildman–Crippen MR) is 58.7 cm³/mol. The number of nitrogens with zero attached hydrogens (tertiary/aromatic N) is 2. The maximum atomic E-state index is 12.1. The van der Waals surface area contributed by atoms with Crippen molar-refractivity contribution in [2.75, 3.05) is 5.01 Å². The average Bonchev–Trinajstić information content (AvgIpc) is 3.03. The van der Waals surface area contributed by atoms with Gasteiger partial charge in [0, 0.05) is 0 Å². The highest BCUT2D eigenvalue weighted by Gasteiger charge is 2.58. The lowest BCUT2D eigenvalue weighted by molar-refractivity contribution is -0.120. The van der Waals surface area contributed by atoms with Crippen molar-refractivity contribution >= 4 is 17.3 Å². The van der Waals surface area contributed by atoms with Gasteiger partial charge in [0.15, 0.2) is 0 Å². The van der Waals surface area contributed by atoms with Gasteiger partial charge in [-0.25, -0.2) is 0 Å². The molecular weight excluding hydrogens is 188 g/mol. The Hall–Kier alpha value is -1.64. The smallest absolute Gasteiger partial charge is 0.259 e. The number of carbonyl (C=O) groups excluding carboxylic acids is 1. The molecule has 1 heterocycles. The first-order valence-corrected chi connectivity index (χ1v) is 5.19. The summed E-state index contributed by atoms with van der Waals surface area (Å²) >= 11 is 0. The Morgan fingerprint density at radius 1 is 1.27 bits per heavy atom. The molecule has 1 spiro atoms. The van der Waals surface area contributed by atoms with Crippen LogP contribution in [0.5, 0.6) is 0 Å². The fraction of sp³-hybridized carbons (Fsp3) is 0.333. The van der Waals surface area contributed by atoms with Crippen LogP contribution in [-0.4, -0.2) is 11.6 Å². The largest absolute Gasteiger partial charge is 0.271 e. The van der Waals surface area contributed by atoms with E-state index in [2.05, 4.69) is 5.10 Å². The molecule has 0 radical (unpaired) electrons. The molecule has 3 rings (SSSR count). The van der Waals surface area contributed by atoms with Crippen LogP contribution in [-0.2, 0) is 4.79 Å². The summed E-state index contributed by atoms with van der Waals surface area (Å²) in [5.41, 5.74) is 1.61. The van der Waals surface area contributed by atoms with Gasteiger partial charge < -0.3 is 0 Å². The Morgan fingerprint density at radius 2 is 1.93 bits per heavy atom. The number of hydrogen-bond donors (Lipinski definition) is 0. The zero-order valence-corrected chi connectivity index (χ0v) is 8.60. The van der Waals surface area contributed by atoms with Crippen molar-refractivity contribution in [2.45, 2.75) is 19.8 Å². The minimum atomic E-state index is -0.226. The van der Waals surface area contributed by atoms with Crippen molar-refractivity contribution in [1.82, 2.24) is 0 Å². The van der Waals surface area contributed by atoms with Crippen LogP contribution in [0.3, 0.4) is 0 Å². The number of carbonyl (C=O) groups is 1. The molecule has 0 unspecified atom stereocenters. The molecule has 0 N–H and O–H groups in total. The van der Waals surface area contributed by atoms with Crippen LogP contribution in [0.4, 0.5) is 5.69 Å². The van der Waals surface area contributed by atoms with Gasteiger partial charge in [-0.05, 0) is 31.9 Å². The van der Waals surface area contributed by atoms with E-state index in [9.17, 15) is 4.79 Å². The van der Waals surface area contributed by atoms with Crippen molar-refractivity contribution in [2.24, 2.45) is 10.5 Å². The van der Waals surface area contributed by atoms with Gasteiger partial charge >= 0.3 is 0 Å². The summed E-state index contributed by atoms with van der Waals surface area (Å²) in [6, 6.07) is 9.61. The van der Waals surface area contributed by atoms with Crippen molar-refractivity contribution in [1.29, 1.82) is 0 Å². The summed E-state index contributed by atoms with van der Waals surface area (Å²) in [4.78, 5) is 12.1. The molecule has 0 aromatic heterocycles. The lowest BCUT2D eigenvalue weighted by Gasteiger charge is -2.12. The molecule has 1 aromatic carbocycles. The topological polar surface area (TPSA) is 32.7 Å². The van der Waals surface area contributed by atoms with Crippen molar-refractivity contribution < 1.29 is 4.79 Å². The Bertz CT molecular complexity index is 446. The molecule has 2 aliphatic rings. The van der Waals surface area contributed by atoms with Gasteiger partial charge in [-0.3, -0.25) is 4.79 Å². The molecule has 3 nitrogen and oxygen atoms in total. The third-order valence-electron chi connectivity index (χ3n) is 3.30. The number of rotatable bonds is 1. The first kappa shape index (κ1) is 8.65. The van der Waals surface area contributed by atoms with Gasteiger partial charge in [-0.2, -0.15) is 10.1 Å². The zero-order chi connectivity index (χ0) is 10.5. The Kier molecular flexibility index (Phi) is 1.55. The molecule has 1 amide bonds. The Labute approximate surface area is 88.4 Å². The molecule has 0 bridgehead atoms. The second-order valence-corrected chi connectivity index (χ2v) is 4.22. The molecule has 0 atom stereocenters. The van der Waals surface area contributed by atoms with E-state index in [1.165, 1.54) is 0 Å². The third kappa shape index (κ3) is 1.06. The predicted octanol–water partition coefficient (Wildman–Crippen LogP) is 2.19. The fourth-order valence-electron chi connectivity index (χ4n) is 2.09. The quantitative estimate of drug-likeness (QED) is 0.684. The minimum absolute atomic E-state index is 0.145. The van der Waals surface area contributed by atoms with Crippen molar-refractivity contribution in [3.8, 4) is 0 Å². The van der Waals surface area contributed by atoms with E-state index in [1.807, 2.05) is 37.3 Å². The van der Waals surface area contributed by atoms with E-state index in [4.69, 9.17) is 0 Å². The summed E-state index contributed by atoms with van der Waals surface area (Å²) in [5.74, 6) is 0.145. The number of amides is 1. The van der Waals surface area contributed by atoms with Gasteiger partial charge in [-0.15, -0.1) is 0 Å². The number of benzene rings is 1. The summed E-state index contributed by atoms with van der Waals surface area (Å²) < 4.78 is 0. The second kappa shape index (κ2) is 2.69. The maximum Gasteiger partial charge on any atom is 0.259 e. The van der Waals surface area contributed by atoms with Crippen LogP contribution in [0.1, 0.15) is 19.8 Å². The lowest BCUT2D eigenvalue weighted by atomic mass is 10.0. The third-order valence-corrected chi connectivity index (χ3v) is 3.30. The van der Waals surface area contributed by atoms with Crippen LogP contribution < -0.4 is 5.01 Å². The van der Waals surface area contributed by atoms with E-state index in [-0.39, 0.29) is 11.3 Å². The van der Waals surface area contributed by atoms with Crippen LogP contribution in [0.15, 0.2) is 35.4 Å². The van der Waals surface area contributed by atoms with Crippen LogP contribution in [0.2, 0.25) is 0 Å². The van der Waals surface area contributed by atoms with E-state index in [1.54, 1.807) is 5.01 Å². The van der Waals surface area contributed by atoms with Crippen LogP contribution >= 0.6 is 0 Å². The van der Waals surface area contributed by atoms with E-state index >= 15 is 0 Å². The number of hydrazone groups is 1. The summed E-state index contributed by atoms with van der Waals surface area (Å²) in [7, 11) is 0. The van der Waals surface area contributed by atoms with E-state index in [0.29, 0.717) is 0 Å². The molecule has 1 aromatic rings. The van der Waals surface area contributed by atoms with Crippen molar-refractivity contribution in [3.05, 3.63) is 30.3 Å². The second-order valence-electron chi connectivity index (χ2n) is 4.22. The molecule has 3 heteroatoms. The fourth-order valence-corrected chi connectivity index (χ4v) is 2.09. The molecule has 15 heavy (non-hydrogen) atoms. The normalized spacial score (nSPS) is 22.1. The lowest BCUT2D eigenvalue weighted by Crippen LogP contribution is -2.28. The van der Waals surface area contributed by atoms with Crippen molar-refractivity contribution in [3.63, 3.8) is 0 Å². The SMILES string of the molecule is CC1=NN(c2ccccc2)C(=O)C12CC2. The molecule has 1 aliphatic carbocycles. The van der Waals surface area contributed by atoms with Crippen LogP contribution in [0.25, 0.3) is 0 Å². The monoisotopic (exact) mass is 200 g/mol. The molecule has 1 fully saturated rings. The van der Waals surface area contributed by atoms with E-state index < -0.39 is 0 Å². The van der Waals surface area contributed by atoms with Gasteiger partial charge in [0.05, 0.1) is 16.8 Å². The molecule has 0 saturated heterocycles. The first-order chi connectivity index (χ1) is 7.24. The average molecular weight is 200 g/mol. The standard InChI is InChI=1S/C12H12N2O/c1-9-12(7-8-12)11(15)14(13-9)10-5-3-2-4-6-10/h2-6H,7-8H2,1H3. The van der Waals surface area contributed by atoms with Gasteiger partial charge in [0.25, 0.3) is 5.91 Å². The number of hydrogen-bond acceptors (Lipinski definition) is 2. The van der Waals surface area contributed by atoms with Gasteiger partial charge in [-0.1, -0.05) is 18.2 Å². The Morgan fingerprint density at radius 3 is 2.47 bits per heavy atom. The highest BCUT2D eigenvalue weighted by molar-refractivity contribution is 6.20. The highest BCUT2D eigenvalue weighted by atomic mass is 16.2. The molecular formula is C12H12N2O. The van der Waals surface area contributed by atoms with Gasteiger partial charge in [0.1, 0.15) is 0 Å². The van der Waals surface area contributed by atoms with E-state index in [0.717, 1.165) is 24.2 Å². The minimum Gasteiger partial charge on any atom is -0.271 e. The van der Waals surface area contributed by atoms with Crippen LogP contribution in [0, 0.1) is 5.41 Å². The number of anilines is 1.